The maximum atomic E-state index is 12.3. The van der Waals surface area contributed by atoms with Gasteiger partial charge in [0.25, 0.3) is 5.03 Å². The first-order valence-corrected chi connectivity index (χ1v) is 6.96. The van der Waals surface area contributed by atoms with E-state index < -0.39 is 10.8 Å². The van der Waals surface area contributed by atoms with Gasteiger partial charge in [0, 0.05) is 12.1 Å². The molecule has 0 fully saturated rings. The molecule has 94 valence electrons. The number of hydrogen-bond donors (Lipinski definition) is 0. The predicted octanol–water partition coefficient (Wildman–Crippen LogP) is 2.50. The average Bonchev–Trinajstić information content (AvgIpc) is 2.38. The molecule has 4 heteroatoms. The smallest absolute Gasteiger partial charge is 0.282 e. The third kappa shape index (κ3) is 2.59. The van der Waals surface area contributed by atoms with Crippen molar-refractivity contribution in [1.82, 2.24) is 0 Å². The van der Waals surface area contributed by atoms with Crippen molar-refractivity contribution in [3.8, 4) is 0 Å². The van der Waals surface area contributed by atoms with E-state index in [1.807, 2.05) is 38.1 Å². The summed E-state index contributed by atoms with van der Waals surface area (Å²) in [6.45, 7) is 3.88. The van der Waals surface area contributed by atoms with Gasteiger partial charge in [0.15, 0.2) is 6.20 Å². The van der Waals surface area contributed by atoms with Gasteiger partial charge in [-0.15, -0.1) is 0 Å². The van der Waals surface area contributed by atoms with Crippen molar-refractivity contribution in [2.75, 3.05) is 0 Å². The lowest BCUT2D eigenvalue weighted by Gasteiger charge is -2.11. The molecule has 0 radical (unpaired) electrons. The Morgan fingerprint density at radius 3 is 2.44 bits per heavy atom. The van der Waals surface area contributed by atoms with Gasteiger partial charge in [-0.2, -0.15) is 4.73 Å². The van der Waals surface area contributed by atoms with Crippen molar-refractivity contribution in [3.63, 3.8) is 0 Å². The molecule has 0 saturated heterocycles. The Balaban J connectivity index is 2.29. The van der Waals surface area contributed by atoms with Crippen LogP contribution in [0.4, 0.5) is 0 Å². The van der Waals surface area contributed by atoms with Crippen molar-refractivity contribution in [2.24, 2.45) is 0 Å². The Bertz CT molecular complexity index is 566. The van der Waals surface area contributed by atoms with Crippen LogP contribution in [-0.4, -0.2) is 4.21 Å². The zero-order chi connectivity index (χ0) is 13.1. The molecule has 0 saturated carbocycles. The monoisotopic (exact) mass is 261 g/mol. The van der Waals surface area contributed by atoms with E-state index in [1.165, 1.54) is 6.20 Å². The average molecular weight is 261 g/mol. The molecule has 0 aliphatic heterocycles. The summed E-state index contributed by atoms with van der Waals surface area (Å²) in [5.41, 5.74) is 2.14. The van der Waals surface area contributed by atoms with E-state index in [-0.39, 0.29) is 5.25 Å². The number of aromatic nitrogens is 1. The predicted molar refractivity (Wildman–Crippen MR) is 71.4 cm³/mol. The first-order chi connectivity index (χ1) is 8.59. The minimum absolute atomic E-state index is 0.201. The van der Waals surface area contributed by atoms with Crippen LogP contribution >= 0.6 is 0 Å². The van der Waals surface area contributed by atoms with Gasteiger partial charge >= 0.3 is 0 Å². The molecule has 0 aliphatic rings. The van der Waals surface area contributed by atoms with Crippen LogP contribution in [-0.2, 0) is 10.8 Å². The zero-order valence-corrected chi connectivity index (χ0v) is 11.2. The Morgan fingerprint density at radius 1 is 1.17 bits per heavy atom. The van der Waals surface area contributed by atoms with Gasteiger partial charge in [0.1, 0.15) is 10.8 Å². The molecule has 2 rings (SSSR count). The molecule has 3 nitrogen and oxygen atoms in total. The molecular weight excluding hydrogens is 246 g/mol. The van der Waals surface area contributed by atoms with Gasteiger partial charge in [-0.05, 0) is 25.5 Å². The second-order valence-electron chi connectivity index (χ2n) is 4.21. The lowest BCUT2D eigenvalue weighted by molar-refractivity contribution is -0.646. The van der Waals surface area contributed by atoms with Crippen molar-refractivity contribution in [2.45, 2.75) is 24.1 Å². The van der Waals surface area contributed by atoms with E-state index in [0.29, 0.717) is 9.76 Å². The largest absolute Gasteiger partial charge is 0.618 e. The van der Waals surface area contributed by atoms with Crippen molar-refractivity contribution >= 4 is 10.8 Å². The van der Waals surface area contributed by atoms with Crippen LogP contribution in [0.3, 0.4) is 0 Å². The summed E-state index contributed by atoms with van der Waals surface area (Å²) in [6, 6.07) is 12.8. The Labute approximate surface area is 109 Å². The van der Waals surface area contributed by atoms with Gasteiger partial charge in [0.2, 0.25) is 0 Å². The molecule has 0 amide bonds. The SMILES string of the molecule is Cc1ccc(C(C)S(=O)c2cccc[n+]2[O-])cc1. The number of aryl methyl sites for hydroxylation is 1. The normalized spacial score (nSPS) is 14.1. The lowest BCUT2D eigenvalue weighted by Crippen LogP contribution is -2.32. The number of nitrogens with zero attached hydrogens (tertiary/aromatic N) is 1. The minimum atomic E-state index is -1.35. The maximum Gasteiger partial charge on any atom is 0.282 e. The highest BCUT2D eigenvalue weighted by molar-refractivity contribution is 7.85. The van der Waals surface area contributed by atoms with Crippen molar-refractivity contribution < 1.29 is 8.94 Å². The molecule has 18 heavy (non-hydrogen) atoms. The van der Waals surface area contributed by atoms with Crippen LogP contribution in [0.5, 0.6) is 0 Å². The molecule has 0 N–H and O–H groups in total. The van der Waals surface area contributed by atoms with Crippen LogP contribution in [0.2, 0.25) is 0 Å². The van der Waals surface area contributed by atoms with E-state index in [2.05, 4.69) is 0 Å². The molecule has 0 aliphatic carbocycles. The quantitative estimate of drug-likeness (QED) is 0.629. The van der Waals surface area contributed by atoms with E-state index in [0.717, 1.165) is 11.1 Å². The fourth-order valence-corrected chi connectivity index (χ4v) is 2.93. The topological polar surface area (TPSA) is 44.0 Å². The zero-order valence-electron chi connectivity index (χ0n) is 10.4. The first-order valence-electron chi connectivity index (χ1n) is 5.75. The van der Waals surface area contributed by atoms with Crippen molar-refractivity contribution in [3.05, 3.63) is 65.0 Å². The molecule has 0 spiro atoms. The third-order valence-corrected chi connectivity index (χ3v) is 4.51. The fraction of sp³-hybridized carbons (Fsp3) is 0.214. The summed E-state index contributed by atoms with van der Waals surface area (Å²) in [4.78, 5) is 0. The summed E-state index contributed by atoms with van der Waals surface area (Å²) in [7, 11) is -1.35. The lowest BCUT2D eigenvalue weighted by atomic mass is 10.1. The molecule has 2 unspecified atom stereocenters. The highest BCUT2D eigenvalue weighted by Crippen LogP contribution is 2.23. The summed E-state index contributed by atoms with van der Waals surface area (Å²) in [6.07, 6.45) is 1.37. The number of pyridine rings is 1. The van der Waals surface area contributed by atoms with E-state index >= 15 is 0 Å². The van der Waals surface area contributed by atoms with Gasteiger partial charge in [-0.3, -0.25) is 0 Å². The van der Waals surface area contributed by atoms with Gasteiger partial charge in [-0.1, -0.05) is 29.8 Å². The van der Waals surface area contributed by atoms with Gasteiger partial charge in [0.05, 0.1) is 5.25 Å². The summed E-state index contributed by atoms with van der Waals surface area (Å²) < 4.78 is 13.0. The second-order valence-corrected chi connectivity index (χ2v) is 5.94. The molecule has 0 bridgehead atoms. The molecule has 1 aromatic carbocycles. The van der Waals surface area contributed by atoms with E-state index in [4.69, 9.17) is 0 Å². The first kappa shape index (κ1) is 12.8. The van der Waals surface area contributed by atoms with E-state index in [9.17, 15) is 9.42 Å². The number of hydrogen-bond acceptors (Lipinski definition) is 2. The highest BCUT2D eigenvalue weighted by atomic mass is 32.2. The minimum Gasteiger partial charge on any atom is -0.618 e. The fourth-order valence-electron chi connectivity index (χ4n) is 1.71. The molecule has 1 heterocycles. The summed E-state index contributed by atoms with van der Waals surface area (Å²) in [5.74, 6) is 0. The van der Waals surface area contributed by atoms with Gasteiger partial charge in [-0.25, -0.2) is 4.21 Å². The Hall–Kier alpha value is -1.68. The Morgan fingerprint density at radius 2 is 1.83 bits per heavy atom. The third-order valence-electron chi connectivity index (χ3n) is 2.86. The van der Waals surface area contributed by atoms with Crippen LogP contribution in [0.25, 0.3) is 0 Å². The molecule has 1 aromatic heterocycles. The van der Waals surface area contributed by atoms with Gasteiger partial charge < -0.3 is 5.21 Å². The standard InChI is InChI=1S/C14H15NO2S/c1-11-6-8-13(9-7-11)12(2)18(17)14-5-3-4-10-15(14)16/h3-10,12H,1-2H3. The second kappa shape index (κ2) is 5.31. The number of rotatable bonds is 3. The summed E-state index contributed by atoms with van der Waals surface area (Å²) in [5, 5.41) is 11.7. The van der Waals surface area contributed by atoms with Crippen LogP contribution in [0.1, 0.15) is 23.3 Å². The van der Waals surface area contributed by atoms with Crippen LogP contribution in [0, 0.1) is 12.1 Å². The maximum absolute atomic E-state index is 12.3. The van der Waals surface area contributed by atoms with Crippen LogP contribution in [0.15, 0.2) is 53.7 Å². The Kier molecular flexibility index (Phi) is 3.77. The van der Waals surface area contributed by atoms with E-state index in [1.54, 1.807) is 18.2 Å². The molecular formula is C14H15NO2S. The molecule has 2 aromatic rings. The number of benzene rings is 1. The van der Waals surface area contributed by atoms with Crippen molar-refractivity contribution in [1.29, 1.82) is 0 Å². The highest BCUT2D eigenvalue weighted by Gasteiger charge is 2.21. The summed E-state index contributed by atoms with van der Waals surface area (Å²) >= 11 is 0. The van der Waals surface area contributed by atoms with Crippen LogP contribution < -0.4 is 4.73 Å². The molecule has 2 atom stereocenters.